The van der Waals surface area contributed by atoms with Crippen LogP contribution in [-0.2, 0) is 0 Å². The van der Waals surface area contributed by atoms with Crippen LogP contribution in [0, 0.1) is 0 Å². The van der Waals surface area contributed by atoms with Gasteiger partial charge in [0.25, 0.3) is 0 Å². The summed E-state index contributed by atoms with van der Waals surface area (Å²) in [4.78, 5) is 0. The first-order valence-corrected chi connectivity index (χ1v) is 3.82. The predicted octanol–water partition coefficient (Wildman–Crippen LogP) is 2.00. The minimum Gasteiger partial charge on any atom is -0.290 e. The van der Waals surface area contributed by atoms with E-state index in [1.165, 1.54) is 0 Å². The maximum atomic E-state index is 2.26. The molecule has 0 saturated heterocycles. The fourth-order valence-corrected chi connectivity index (χ4v) is 2.01. The average molecular weight is 167 g/mol. The van der Waals surface area contributed by atoms with Crippen molar-refractivity contribution in [1.82, 2.24) is 4.67 Å². The molecule has 0 radical (unpaired) electrons. The van der Waals surface area contributed by atoms with Crippen molar-refractivity contribution in [3.05, 3.63) is 0 Å². The maximum absolute atomic E-state index is 2.26. The largest absolute Gasteiger partial charge is 0.290 e. The van der Waals surface area contributed by atoms with Crippen LogP contribution in [0.25, 0.3) is 0 Å². The minimum absolute atomic E-state index is 0. The van der Waals surface area contributed by atoms with Crippen molar-refractivity contribution in [3.63, 3.8) is 0 Å². The monoisotopic (exact) mass is 167 g/mol. The zero-order chi connectivity index (χ0) is 6.78. The SMILES string of the molecule is CN(C)PC(C)(C)C.P. The molecule has 0 spiro atoms. The molecule has 0 N–H and O–H groups in total. The van der Waals surface area contributed by atoms with Gasteiger partial charge in [0.2, 0.25) is 0 Å². The van der Waals surface area contributed by atoms with Gasteiger partial charge in [0.1, 0.15) is 0 Å². The molecule has 58 valence electrons. The number of hydrogen-bond donors (Lipinski definition) is 0. The molecular weight excluding hydrogens is 148 g/mol. The molecule has 0 amide bonds. The van der Waals surface area contributed by atoms with Gasteiger partial charge >= 0.3 is 0 Å². The molecule has 0 aliphatic heterocycles. The zero-order valence-corrected chi connectivity index (χ0v) is 9.57. The third-order valence-electron chi connectivity index (χ3n) is 0.559. The first-order valence-electron chi connectivity index (χ1n) is 2.87. The Balaban J connectivity index is 0. The lowest BCUT2D eigenvalue weighted by molar-refractivity contribution is 0.648. The fourth-order valence-electron chi connectivity index (χ4n) is 0.671. The van der Waals surface area contributed by atoms with Crippen LogP contribution in [-0.4, -0.2) is 23.9 Å². The summed E-state index contributed by atoms with van der Waals surface area (Å²) in [5.74, 6) is 0. The summed E-state index contributed by atoms with van der Waals surface area (Å²) >= 11 is 0. The summed E-state index contributed by atoms with van der Waals surface area (Å²) in [6, 6.07) is 0. The van der Waals surface area contributed by atoms with E-state index >= 15 is 0 Å². The van der Waals surface area contributed by atoms with Crippen LogP contribution in [0.1, 0.15) is 20.8 Å². The Morgan fingerprint density at radius 2 is 1.44 bits per heavy atom. The first-order chi connectivity index (χ1) is 3.42. The molecule has 2 unspecified atom stereocenters. The molecule has 0 aliphatic rings. The molecule has 0 aromatic heterocycles. The highest BCUT2D eigenvalue weighted by Gasteiger charge is 2.09. The highest BCUT2D eigenvalue weighted by Crippen LogP contribution is 2.31. The van der Waals surface area contributed by atoms with Crippen molar-refractivity contribution in [1.29, 1.82) is 0 Å². The van der Waals surface area contributed by atoms with Crippen molar-refractivity contribution in [2.75, 3.05) is 14.1 Å². The van der Waals surface area contributed by atoms with Crippen LogP contribution in [0.15, 0.2) is 0 Å². The molecule has 0 bridgehead atoms. The number of nitrogens with zero attached hydrogens (tertiary/aromatic N) is 1. The van der Waals surface area contributed by atoms with Gasteiger partial charge in [0.15, 0.2) is 0 Å². The third kappa shape index (κ3) is 12.1. The molecular formula is C6H19NP2. The molecule has 9 heavy (non-hydrogen) atoms. The van der Waals surface area contributed by atoms with Gasteiger partial charge in [-0.2, -0.15) is 9.90 Å². The quantitative estimate of drug-likeness (QED) is 0.540. The van der Waals surface area contributed by atoms with E-state index < -0.39 is 0 Å². The Hall–Kier alpha value is 0.820. The lowest BCUT2D eigenvalue weighted by atomic mass is 10.3. The fraction of sp³-hybridized carbons (Fsp3) is 1.00. The minimum atomic E-state index is 0. The molecule has 0 aromatic carbocycles. The van der Waals surface area contributed by atoms with E-state index in [2.05, 4.69) is 39.5 Å². The van der Waals surface area contributed by atoms with Gasteiger partial charge < -0.3 is 0 Å². The van der Waals surface area contributed by atoms with E-state index in [0.717, 1.165) is 8.73 Å². The van der Waals surface area contributed by atoms with E-state index in [-0.39, 0.29) is 9.90 Å². The van der Waals surface area contributed by atoms with Gasteiger partial charge in [-0.15, -0.1) is 0 Å². The maximum Gasteiger partial charge on any atom is -0.00750 e. The molecule has 0 fully saturated rings. The second-order valence-electron chi connectivity index (χ2n) is 3.26. The molecule has 0 aliphatic carbocycles. The van der Waals surface area contributed by atoms with E-state index in [1.54, 1.807) is 0 Å². The lowest BCUT2D eigenvalue weighted by Gasteiger charge is -2.22. The zero-order valence-electron chi connectivity index (χ0n) is 7.15. The van der Waals surface area contributed by atoms with E-state index in [4.69, 9.17) is 0 Å². The molecule has 3 heteroatoms. The lowest BCUT2D eigenvalue weighted by Crippen LogP contribution is -2.12. The number of rotatable bonds is 1. The molecule has 0 heterocycles. The second kappa shape index (κ2) is 4.61. The standard InChI is InChI=1S/C6H16NP.H3P/c1-6(2,3)8-7(4)5;/h8H,1-5H3;1H3. The van der Waals surface area contributed by atoms with Crippen molar-refractivity contribution in [2.24, 2.45) is 0 Å². The summed E-state index contributed by atoms with van der Waals surface area (Å²) in [6.07, 6.45) is 0. The summed E-state index contributed by atoms with van der Waals surface area (Å²) in [5.41, 5.74) is 0. The van der Waals surface area contributed by atoms with E-state index in [0.29, 0.717) is 5.16 Å². The van der Waals surface area contributed by atoms with Crippen molar-refractivity contribution < 1.29 is 0 Å². The highest BCUT2D eigenvalue weighted by molar-refractivity contribution is 7.37. The van der Waals surface area contributed by atoms with Crippen molar-refractivity contribution >= 4 is 18.6 Å². The van der Waals surface area contributed by atoms with Gasteiger partial charge in [0.05, 0.1) is 0 Å². The van der Waals surface area contributed by atoms with Crippen molar-refractivity contribution in [2.45, 2.75) is 25.9 Å². The predicted molar refractivity (Wildman–Crippen MR) is 52.9 cm³/mol. The van der Waals surface area contributed by atoms with Crippen molar-refractivity contribution in [3.8, 4) is 0 Å². The van der Waals surface area contributed by atoms with Crippen LogP contribution in [0.5, 0.6) is 0 Å². The molecule has 1 nitrogen and oxygen atoms in total. The van der Waals surface area contributed by atoms with Gasteiger partial charge in [-0.25, -0.2) is 0 Å². The van der Waals surface area contributed by atoms with Gasteiger partial charge in [-0.05, 0) is 28.0 Å². The normalized spacial score (nSPS) is 12.7. The number of hydrogen-bond acceptors (Lipinski definition) is 1. The summed E-state index contributed by atoms with van der Waals surface area (Å²) in [7, 11) is 5.16. The van der Waals surface area contributed by atoms with Crippen LogP contribution < -0.4 is 0 Å². The first kappa shape index (κ1) is 12.5. The Kier molecular flexibility index (Phi) is 6.39. The van der Waals surface area contributed by atoms with Gasteiger partial charge in [-0.1, -0.05) is 20.8 Å². The van der Waals surface area contributed by atoms with Crippen LogP contribution >= 0.6 is 18.6 Å². The van der Waals surface area contributed by atoms with Gasteiger partial charge in [-0.3, -0.25) is 4.67 Å². The highest BCUT2D eigenvalue weighted by atomic mass is 31.1. The molecule has 0 rings (SSSR count). The van der Waals surface area contributed by atoms with Crippen LogP contribution in [0.4, 0.5) is 0 Å². The van der Waals surface area contributed by atoms with Gasteiger partial charge in [0, 0.05) is 0 Å². The molecule has 0 saturated carbocycles. The Labute approximate surface area is 64.0 Å². The summed E-state index contributed by atoms with van der Waals surface area (Å²) in [5, 5.41) is 0.476. The summed E-state index contributed by atoms with van der Waals surface area (Å²) < 4.78 is 2.24. The summed E-state index contributed by atoms with van der Waals surface area (Å²) in [6.45, 7) is 6.77. The Bertz CT molecular complexity index is 65.9. The molecule has 0 aromatic rings. The van der Waals surface area contributed by atoms with Crippen LogP contribution in [0.3, 0.4) is 0 Å². The van der Waals surface area contributed by atoms with E-state index in [9.17, 15) is 0 Å². The average Bonchev–Trinajstić information content (AvgIpc) is 1.21. The Morgan fingerprint density at radius 3 is 1.44 bits per heavy atom. The molecule has 2 atom stereocenters. The Morgan fingerprint density at radius 1 is 1.11 bits per heavy atom. The third-order valence-corrected chi connectivity index (χ3v) is 1.68. The smallest absolute Gasteiger partial charge is 0.00750 e. The second-order valence-corrected chi connectivity index (χ2v) is 5.87. The van der Waals surface area contributed by atoms with Crippen LogP contribution in [0.2, 0.25) is 0 Å². The van der Waals surface area contributed by atoms with E-state index in [1.807, 2.05) is 0 Å². The topological polar surface area (TPSA) is 3.24 Å².